The van der Waals surface area contributed by atoms with Gasteiger partial charge in [-0.05, 0) is 6.42 Å². The van der Waals surface area contributed by atoms with Crippen LogP contribution in [0.1, 0.15) is 12.8 Å². The molecule has 39 valence electrons. The van der Waals surface area contributed by atoms with Crippen molar-refractivity contribution in [1.82, 2.24) is 10.9 Å². The predicted molar refractivity (Wildman–Crippen MR) is 24.0 cm³/mol. The van der Waals surface area contributed by atoms with Crippen LogP contribution in [0.25, 0.3) is 0 Å². The number of carbonyl (C=O) groups is 1. The third kappa shape index (κ3) is 0.718. The Morgan fingerprint density at radius 3 is 2.57 bits per heavy atom. The molecule has 7 heavy (non-hydrogen) atoms. The zero-order valence-corrected chi connectivity index (χ0v) is 3.98. The van der Waals surface area contributed by atoms with E-state index in [4.69, 9.17) is 5.84 Å². The standard InChI is InChI=1S/C4H7N2O/c5-6-3-1-2-4(6)7/h5H,1-3H2. The molecule has 0 aliphatic carbocycles. The normalized spacial score (nSPS) is 21.3. The van der Waals surface area contributed by atoms with Gasteiger partial charge in [0.15, 0.2) is 0 Å². The third-order valence-electron chi connectivity index (χ3n) is 1.07. The number of carbonyl (C=O) groups excluding carboxylic acids is 1. The summed E-state index contributed by atoms with van der Waals surface area (Å²) in [6.45, 7) is 0.624. The maximum absolute atomic E-state index is 10.3. The molecule has 0 spiro atoms. The Hall–Kier alpha value is -0.570. The van der Waals surface area contributed by atoms with Crippen LogP contribution in [0, 0.1) is 0 Å². The van der Waals surface area contributed by atoms with Crippen molar-refractivity contribution in [2.75, 3.05) is 6.54 Å². The van der Waals surface area contributed by atoms with Gasteiger partial charge in [0.05, 0.1) is 0 Å². The highest BCUT2D eigenvalue weighted by atomic mass is 16.2. The van der Waals surface area contributed by atoms with E-state index in [2.05, 4.69) is 0 Å². The van der Waals surface area contributed by atoms with Crippen LogP contribution in [0.15, 0.2) is 0 Å². The van der Waals surface area contributed by atoms with Gasteiger partial charge >= 0.3 is 0 Å². The molecule has 1 amide bonds. The molecule has 0 aromatic rings. The van der Waals surface area contributed by atoms with Gasteiger partial charge in [-0.2, -0.15) is 0 Å². The SMILES string of the molecule is [NH]N1CCCC1=O. The third-order valence-corrected chi connectivity index (χ3v) is 1.07. The largest absolute Gasteiger partial charge is 0.273 e. The number of hydrogen-bond acceptors (Lipinski definition) is 1. The molecule has 1 fully saturated rings. The fraction of sp³-hybridized carbons (Fsp3) is 0.750. The van der Waals surface area contributed by atoms with Gasteiger partial charge in [-0.1, -0.05) is 0 Å². The van der Waals surface area contributed by atoms with Gasteiger partial charge < -0.3 is 0 Å². The Labute approximate surface area is 42.1 Å². The summed E-state index contributed by atoms with van der Waals surface area (Å²) in [6, 6.07) is 0. The molecule has 0 saturated carbocycles. The fourth-order valence-corrected chi connectivity index (χ4v) is 0.648. The summed E-state index contributed by atoms with van der Waals surface area (Å²) >= 11 is 0. The lowest BCUT2D eigenvalue weighted by Gasteiger charge is -2.00. The number of rotatable bonds is 0. The summed E-state index contributed by atoms with van der Waals surface area (Å²) in [5.74, 6) is 6.78. The van der Waals surface area contributed by atoms with Crippen LogP contribution in [-0.4, -0.2) is 17.5 Å². The summed E-state index contributed by atoms with van der Waals surface area (Å²) in [7, 11) is 0. The first-order valence-corrected chi connectivity index (χ1v) is 2.32. The number of nitrogens with one attached hydrogen (secondary N) is 1. The maximum Gasteiger partial charge on any atom is 0.237 e. The molecule has 1 aliphatic heterocycles. The van der Waals surface area contributed by atoms with Crippen molar-refractivity contribution in [1.29, 1.82) is 0 Å². The number of amides is 1. The van der Waals surface area contributed by atoms with Gasteiger partial charge in [0.1, 0.15) is 0 Å². The lowest BCUT2D eigenvalue weighted by molar-refractivity contribution is -0.128. The zero-order chi connectivity index (χ0) is 5.28. The molecule has 1 radical (unpaired) electrons. The minimum absolute atomic E-state index is 0.0417. The Bertz CT molecular complexity index is 91.7. The second-order valence-electron chi connectivity index (χ2n) is 1.65. The molecule has 1 rings (SSSR count). The van der Waals surface area contributed by atoms with E-state index in [1.807, 2.05) is 0 Å². The highest BCUT2D eigenvalue weighted by molar-refractivity contribution is 5.77. The zero-order valence-electron chi connectivity index (χ0n) is 3.98. The van der Waals surface area contributed by atoms with Crippen molar-refractivity contribution in [3.8, 4) is 0 Å². The average Bonchev–Trinajstić information content (AvgIpc) is 1.91. The van der Waals surface area contributed by atoms with Crippen molar-refractivity contribution in [2.24, 2.45) is 0 Å². The summed E-state index contributed by atoms with van der Waals surface area (Å²) in [4.78, 5) is 10.3. The van der Waals surface area contributed by atoms with E-state index in [-0.39, 0.29) is 5.91 Å². The van der Waals surface area contributed by atoms with Crippen LogP contribution in [0.5, 0.6) is 0 Å². The molecule has 1 saturated heterocycles. The van der Waals surface area contributed by atoms with E-state index in [1.165, 1.54) is 0 Å². The van der Waals surface area contributed by atoms with Crippen molar-refractivity contribution in [2.45, 2.75) is 12.8 Å². The average molecular weight is 99.1 g/mol. The molecule has 0 aromatic heterocycles. The lowest BCUT2D eigenvalue weighted by atomic mass is 10.4. The van der Waals surface area contributed by atoms with Crippen molar-refractivity contribution < 1.29 is 4.79 Å². The topological polar surface area (TPSA) is 44.1 Å². The molecule has 3 nitrogen and oxygen atoms in total. The molecule has 0 unspecified atom stereocenters. The highest BCUT2D eigenvalue weighted by Crippen LogP contribution is 2.03. The predicted octanol–water partition coefficient (Wildman–Crippen LogP) is -0.193. The minimum atomic E-state index is -0.0417. The van der Waals surface area contributed by atoms with E-state index in [9.17, 15) is 4.79 Å². The van der Waals surface area contributed by atoms with Crippen molar-refractivity contribution >= 4 is 5.91 Å². The summed E-state index contributed by atoms with van der Waals surface area (Å²) in [5.41, 5.74) is 0. The smallest absolute Gasteiger partial charge is 0.237 e. The van der Waals surface area contributed by atoms with E-state index >= 15 is 0 Å². The van der Waals surface area contributed by atoms with Gasteiger partial charge in [-0.15, -0.1) is 5.84 Å². The van der Waals surface area contributed by atoms with Gasteiger partial charge in [-0.25, -0.2) is 0 Å². The number of hydrogen-bond donors (Lipinski definition) is 0. The number of nitrogens with zero attached hydrogens (tertiary/aromatic N) is 1. The van der Waals surface area contributed by atoms with Gasteiger partial charge in [0, 0.05) is 13.0 Å². The summed E-state index contributed by atoms with van der Waals surface area (Å²) in [6.07, 6.45) is 1.44. The van der Waals surface area contributed by atoms with Crippen LogP contribution in [-0.2, 0) is 4.79 Å². The molecule has 1 heterocycles. The lowest BCUT2D eigenvalue weighted by Crippen LogP contribution is -2.21. The molecule has 3 heteroatoms. The first-order valence-electron chi connectivity index (χ1n) is 2.32. The van der Waals surface area contributed by atoms with E-state index in [1.54, 1.807) is 0 Å². The van der Waals surface area contributed by atoms with Crippen LogP contribution in [0.2, 0.25) is 0 Å². The van der Waals surface area contributed by atoms with Gasteiger partial charge in [-0.3, -0.25) is 9.80 Å². The maximum atomic E-state index is 10.3. The fourth-order valence-electron chi connectivity index (χ4n) is 0.648. The molecule has 0 aromatic carbocycles. The van der Waals surface area contributed by atoms with Crippen molar-refractivity contribution in [3.05, 3.63) is 0 Å². The van der Waals surface area contributed by atoms with Crippen LogP contribution in [0.4, 0.5) is 0 Å². The van der Waals surface area contributed by atoms with E-state index in [0.717, 1.165) is 11.4 Å². The highest BCUT2D eigenvalue weighted by Gasteiger charge is 2.15. The first-order chi connectivity index (χ1) is 3.30. The van der Waals surface area contributed by atoms with E-state index < -0.39 is 0 Å². The summed E-state index contributed by atoms with van der Waals surface area (Å²) < 4.78 is 0. The van der Waals surface area contributed by atoms with Gasteiger partial charge in [0.2, 0.25) is 5.91 Å². The first kappa shape index (κ1) is 4.59. The molecule has 1 aliphatic rings. The molecular formula is C4H7N2O. The Kier molecular flexibility index (Phi) is 0.982. The Morgan fingerprint density at radius 2 is 2.43 bits per heavy atom. The summed E-state index contributed by atoms with van der Waals surface area (Å²) in [5, 5.41) is 1.01. The quantitative estimate of drug-likeness (QED) is 0.415. The van der Waals surface area contributed by atoms with Gasteiger partial charge in [0.25, 0.3) is 0 Å². The molecular weight excluding hydrogens is 92.1 g/mol. The van der Waals surface area contributed by atoms with Crippen LogP contribution < -0.4 is 5.84 Å². The second kappa shape index (κ2) is 1.50. The second-order valence-corrected chi connectivity index (χ2v) is 1.65. The van der Waals surface area contributed by atoms with Crippen LogP contribution >= 0.6 is 0 Å². The Balaban J connectivity index is 2.48. The van der Waals surface area contributed by atoms with Crippen LogP contribution in [0.3, 0.4) is 0 Å². The monoisotopic (exact) mass is 99.1 g/mol. The molecule has 0 bridgehead atoms. The molecule has 0 atom stereocenters. The molecule has 1 N–H and O–H groups in total. The minimum Gasteiger partial charge on any atom is -0.273 e. The Morgan fingerprint density at radius 1 is 1.71 bits per heavy atom. The van der Waals surface area contributed by atoms with Crippen molar-refractivity contribution in [3.63, 3.8) is 0 Å². The van der Waals surface area contributed by atoms with E-state index in [0.29, 0.717) is 13.0 Å².